The van der Waals surface area contributed by atoms with Crippen LogP contribution in [0.4, 0.5) is 5.82 Å². The summed E-state index contributed by atoms with van der Waals surface area (Å²) >= 11 is 0. The van der Waals surface area contributed by atoms with Crippen LogP contribution >= 0.6 is 0 Å². The second-order valence-electron chi connectivity index (χ2n) is 4.41. The molecule has 1 unspecified atom stereocenters. The Kier molecular flexibility index (Phi) is 4.48. The molecule has 0 aromatic carbocycles. The van der Waals surface area contributed by atoms with Crippen LogP contribution in [-0.2, 0) is 23.6 Å². The molecule has 1 aromatic heterocycles. The molecule has 1 aliphatic carbocycles. The number of nitrogens with one attached hydrogen (secondary N) is 1. The van der Waals surface area contributed by atoms with Gasteiger partial charge in [0.1, 0.15) is 12.1 Å². The average molecular weight is 253 g/mol. The molecular formula is C12H19N3OS. The highest BCUT2D eigenvalue weighted by Crippen LogP contribution is 2.23. The van der Waals surface area contributed by atoms with Crippen molar-refractivity contribution in [2.45, 2.75) is 32.1 Å². The van der Waals surface area contributed by atoms with Gasteiger partial charge in [0.05, 0.1) is 0 Å². The molecule has 4 nitrogen and oxygen atoms in total. The van der Waals surface area contributed by atoms with Gasteiger partial charge in [0.15, 0.2) is 0 Å². The molecule has 0 amide bonds. The highest BCUT2D eigenvalue weighted by Gasteiger charge is 2.13. The van der Waals surface area contributed by atoms with E-state index in [9.17, 15) is 4.21 Å². The summed E-state index contributed by atoms with van der Waals surface area (Å²) in [7, 11) is -0.750. The van der Waals surface area contributed by atoms with Crippen molar-refractivity contribution in [3.8, 4) is 0 Å². The molecule has 1 aromatic rings. The number of hydrogen-bond acceptors (Lipinski definition) is 4. The minimum absolute atomic E-state index is 0.665. The molecule has 0 spiro atoms. The van der Waals surface area contributed by atoms with Crippen LogP contribution in [0.2, 0.25) is 0 Å². The molecule has 0 fully saturated rings. The SMILES string of the molecule is CS(=O)CCNc1ncnc2c1CCCCC2. The van der Waals surface area contributed by atoms with Crippen LogP contribution < -0.4 is 5.32 Å². The van der Waals surface area contributed by atoms with Gasteiger partial charge in [0, 0.05) is 40.6 Å². The predicted octanol–water partition coefficient (Wildman–Crippen LogP) is 1.54. The standard InChI is InChI=1S/C12H19N3OS/c1-17(16)8-7-13-12-10-5-3-2-4-6-11(10)14-9-15-12/h9H,2-8H2,1H3,(H,13,14,15). The summed E-state index contributed by atoms with van der Waals surface area (Å²) in [5, 5.41) is 3.29. The Balaban J connectivity index is 2.08. The van der Waals surface area contributed by atoms with E-state index in [1.54, 1.807) is 12.6 Å². The molecule has 0 radical (unpaired) electrons. The summed E-state index contributed by atoms with van der Waals surface area (Å²) in [6, 6.07) is 0. The zero-order valence-corrected chi connectivity index (χ0v) is 11.1. The summed E-state index contributed by atoms with van der Waals surface area (Å²) in [5.41, 5.74) is 2.46. The number of nitrogens with zero attached hydrogens (tertiary/aromatic N) is 2. The Labute approximate surface area is 105 Å². The lowest BCUT2D eigenvalue weighted by molar-refractivity contribution is 0.687. The van der Waals surface area contributed by atoms with Crippen LogP contribution in [0.1, 0.15) is 30.5 Å². The molecule has 1 atom stereocenters. The van der Waals surface area contributed by atoms with E-state index in [4.69, 9.17) is 0 Å². The first-order valence-corrected chi connectivity index (χ1v) is 7.87. The predicted molar refractivity (Wildman–Crippen MR) is 70.7 cm³/mol. The summed E-state index contributed by atoms with van der Waals surface area (Å²) in [5.74, 6) is 1.61. The molecule has 0 saturated heterocycles. The fraction of sp³-hybridized carbons (Fsp3) is 0.667. The van der Waals surface area contributed by atoms with E-state index in [0.29, 0.717) is 12.3 Å². The first-order chi connectivity index (χ1) is 8.27. The van der Waals surface area contributed by atoms with E-state index < -0.39 is 10.8 Å². The van der Waals surface area contributed by atoms with Crippen molar-refractivity contribution in [1.29, 1.82) is 0 Å². The van der Waals surface area contributed by atoms with Crippen molar-refractivity contribution in [3.05, 3.63) is 17.6 Å². The van der Waals surface area contributed by atoms with Gasteiger partial charge in [-0.3, -0.25) is 4.21 Å². The zero-order valence-electron chi connectivity index (χ0n) is 10.2. The fourth-order valence-corrected chi connectivity index (χ4v) is 2.55. The van der Waals surface area contributed by atoms with Crippen molar-refractivity contribution in [3.63, 3.8) is 0 Å². The minimum atomic E-state index is -0.750. The maximum Gasteiger partial charge on any atom is 0.132 e. The molecule has 0 bridgehead atoms. The second kappa shape index (κ2) is 6.10. The van der Waals surface area contributed by atoms with Crippen molar-refractivity contribution in [2.75, 3.05) is 23.9 Å². The summed E-state index contributed by atoms with van der Waals surface area (Å²) < 4.78 is 11.0. The van der Waals surface area contributed by atoms with Gasteiger partial charge in [0.2, 0.25) is 0 Å². The lowest BCUT2D eigenvalue weighted by Crippen LogP contribution is -2.13. The van der Waals surface area contributed by atoms with Crippen molar-refractivity contribution in [1.82, 2.24) is 9.97 Å². The van der Waals surface area contributed by atoms with E-state index >= 15 is 0 Å². The van der Waals surface area contributed by atoms with Gasteiger partial charge in [-0.1, -0.05) is 6.42 Å². The van der Waals surface area contributed by atoms with Crippen LogP contribution in [0.25, 0.3) is 0 Å². The van der Waals surface area contributed by atoms with E-state index in [1.165, 1.54) is 30.5 Å². The number of aryl methyl sites for hydroxylation is 1. The van der Waals surface area contributed by atoms with Crippen molar-refractivity contribution >= 4 is 16.6 Å². The van der Waals surface area contributed by atoms with Gasteiger partial charge in [-0.2, -0.15) is 0 Å². The number of anilines is 1. The second-order valence-corrected chi connectivity index (χ2v) is 5.97. The molecule has 1 N–H and O–H groups in total. The topological polar surface area (TPSA) is 54.9 Å². The smallest absolute Gasteiger partial charge is 0.132 e. The van der Waals surface area contributed by atoms with Crippen LogP contribution in [0.15, 0.2) is 6.33 Å². The summed E-state index contributed by atoms with van der Waals surface area (Å²) in [6.07, 6.45) is 9.20. The normalized spacial score (nSPS) is 17.0. The number of hydrogen-bond donors (Lipinski definition) is 1. The van der Waals surface area contributed by atoms with Crippen LogP contribution in [0, 0.1) is 0 Å². The maximum atomic E-state index is 11.0. The molecule has 94 valence electrons. The summed E-state index contributed by atoms with van der Waals surface area (Å²) in [4.78, 5) is 8.68. The molecule has 0 saturated carbocycles. The third-order valence-corrected chi connectivity index (χ3v) is 3.84. The number of rotatable bonds is 4. The van der Waals surface area contributed by atoms with Gasteiger partial charge in [-0.25, -0.2) is 9.97 Å². The van der Waals surface area contributed by atoms with E-state index in [0.717, 1.165) is 18.7 Å². The third-order valence-electron chi connectivity index (χ3n) is 3.06. The Morgan fingerprint density at radius 1 is 1.29 bits per heavy atom. The first kappa shape index (κ1) is 12.5. The molecule has 2 rings (SSSR count). The van der Waals surface area contributed by atoms with Crippen molar-refractivity contribution < 1.29 is 4.21 Å². The highest BCUT2D eigenvalue weighted by molar-refractivity contribution is 7.84. The Morgan fingerprint density at radius 2 is 2.12 bits per heavy atom. The van der Waals surface area contributed by atoms with E-state index in [1.807, 2.05) is 0 Å². The quantitative estimate of drug-likeness (QED) is 0.827. The largest absolute Gasteiger partial charge is 0.369 e. The molecule has 17 heavy (non-hydrogen) atoms. The first-order valence-electron chi connectivity index (χ1n) is 6.14. The molecular weight excluding hydrogens is 234 g/mol. The average Bonchev–Trinajstić information content (AvgIpc) is 2.54. The lowest BCUT2D eigenvalue weighted by atomic mass is 10.1. The highest BCUT2D eigenvalue weighted by atomic mass is 32.2. The third kappa shape index (κ3) is 3.49. The van der Waals surface area contributed by atoms with Crippen LogP contribution in [0.5, 0.6) is 0 Å². The van der Waals surface area contributed by atoms with E-state index in [2.05, 4.69) is 15.3 Å². The van der Waals surface area contributed by atoms with Gasteiger partial charge in [0.25, 0.3) is 0 Å². The minimum Gasteiger partial charge on any atom is -0.369 e. The molecule has 1 aliphatic rings. The van der Waals surface area contributed by atoms with Crippen molar-refractivity contribution in [2.24, 2.45) is 0 Å². The Morgan fingerprint density at radius 3 is 2.94 bits per heavy atom. The molecule has 1 heterocycles. The maximum absolute atomic E-state index is 11.0. The fourth-order valence-electron chi connectivity index (χ4n) is 2.16. The van der Waals surface area contributed by atoms with Gasteiger partial charge < -0.3 is 5.32 Å². The number of fused-ring (bicyclic) bond motifs is 1. The zero-order chi connectivity index (χ0) is 12.1. The van der Waals surface area contributed by atoms with Crippen LogP contribution in [0.3, 0.4) is 0 Å². The van der Waals surface area contributed by atoms with E-state index in [-0.39, 0.29) is 0 Å². The van der Waals surface area contributed by atoms with Gasteiger partial charge in [-0.05, 0) is 25.7 Å². The van der Waals surface area contributed by atoms with Crippen LogP contribution in [-0.4, -0.2) is 32.7 Å². The van der Waals surface area contributed by atoms with Gasteiger partial charge in [-0.15, -0.1) is 0 Å². The lowest BCUT2D eigenvalue weighted by Gasteiger charge is -2.11. The molecule has 0 aliphatic heterocycles. The number of aromatic nitrogens is 2. The Bertz CT molecular complexity index is 409. The Hall–Kier alpha value is -0.970. The van der Waals surface area contributed by atoms with Gasteiger partial charge >= 0.3 is 0 Å². The summed E-state index contributed by atoms with van der Waals surface area (Å²) in [6.45, 7) is 0.715. The monoisotopic (exact) mass is 253 g/mol. The molecule has 5 heteroatoms.